The molecule has 0 aliphatic rings. The minimum Gasteiger partial charge on any atom is -0.480 e. The van der Waals surface area contributed by atoms with Crippen LogP contribution in [0.4, 0.5) is 4.39 Å². The summed E-state index contributed by atoms with van der Waals surface area (Å²) in [5.74, 6) is 3.77. The van der Waals surface area contributed by atoms with E-state index in [2.05, 4.69) is 41.9 Å². The molecule has 0 atom stereocenters. The van der Waals surface area contributed by atoms with Gasteiger partial charge in [-0.15, -0.1) is 6.42 Å². The first kappa shape index (κ1) is 21.9. The van der Waals surface area contributed by atoms with Gasteiger partial charge in [0, 0.05) is 11.6 Å². The summed E-state index contributed by atoms with van der Waals surface area (Å²) in [6.45, 7) is 4.42. The van der Waals surface area contributed by atoms with Crippen molar-refractivity contribution in [2.45, 2.75) is 19.8 Å². The molecule has 7 heteroatoms. The van der Waals surface area contributed by atoms with E-state index in [0.717, 1.165) is 10.9 Å². The Bertz CT molecular complexity index is 1530. The van der Waals surface area contributed by atoms with Crippen LogP contribution in [0.15, 0.2) is 54.6 Å². The number of imidazole rings is 1. The van der Waals surface area contributed by atoms with Gasteiger partial charge in [-0.3, -0.25) is 0 Å². The fourth-order valence-electron chi connectivity index (χ4n) is 3.84. The maximum atomic E-state index is 14.0. The molecule has 2 heterocycles. The third kappa shape index (κ3) is 3.95. The second-order valence-corrected chi connectivity index (χ2v) is 8.59. The molecule has 2 aromatic heterocycles. The van der Waals surface area contributed by atoms with E-state index in [1.165, 1.54) is 17.7 Å². The molecule has 0 aliphatic heterocycles. The van der Waals surface area contributed by atoms with Crippen LogP contribution >= 0.6 is 11.6 Å². The Morgan fingerprint density at radius 2 is 1.85 bits per heavy atom. The van der Waals surface area contributed by atoms with Crippen molar-refractivity contribution in [3.8, 4) is 41.0 Å². The van der Waals surface area contributed by atoms with Crippen LogP contribution in [0.5, 0.6) is 5.75 Å². The van der Waals surface area contributed by atoms with Gasteiger partial charge in [0.1, 0.15) is 18.2 Å². The third-order valence-electron chi connectivity index (χ3n) is 5.58. The van der Waals surface area contributed by atoms with Gasteiger partial charge in [-0.25, -0.2) is 19.3 Å². The molecule has 0 unspecified atom stereocenters. The van der Waals surface area contributed by atoms with Gasteiger partial charge in [-0.2, -0.15) is 0 Å². The first-order valence-corrected chi connectivity index (χ1v) is 11.1. The Kier molecular flexibility index (Phi) is 5.64. The molecule has 0 amide bonds. The largest absolute Gasteiger partial charge is 0.480 e. The number of hydrogen-bond donors (Lipinski definition) is 1. The Morgan fingerprint density at radius 1 is 1.06 bits per heavy atom. The van der Waals surface area contributed by atoms with Crippen molar-refractivity contribution in [2.24, 2.45) is 0 Å². The number of halogens is 2. The van der Waals surface area contributed by atoms with Crippen LogP contribution in [0.2, 0.25) is 5.02 Å². The van der Waals surface area contributed by atoms with Gasteiger partial charge < -0.3 is 9.72 Å². The van der Waals surface area contributed by atoms with E-state index in [9.17, 15) is 4.39 Å². The van der Waals surface area contributed by atoms with Crippen LogP contribution in [-0.4, -0.2) is 26.5 Å². The Balaban J connectivity index is 1.74. The molecular formula is C27H20ClFN4O. The monoisotopic (exact) mass is 470 g/mol. The number of H-pyrrole nitrogens is 1. The van der Waals surface area contributed by atoms with E-state index in [1.807, 2.05) is 30.3 Å². The molecule has 5 nitrogen and oxygen atoms in total. The number of terminal acetylenes is 1. The summed E-state index contributed by atoms with van der Waals surface area (Å²) >= 11 is 5.93. The average molecular weight is 471 g/mol. The van der Waals surface area contributed by atoms with E-state index < -0.39 is 5.82 Å². The standard InChI is InChI=1S/C27H20ClFN4O/c1-4-12-34-23-7-5-6-20-24(23)25(17-10-8-16(9-11-17)15(2)3)33-27(30-20)26-31-21-13-18(28)19(29)14-22(21)32-26/h1,5-11,13-15H,12H2,2-3H3,(H,31,32). The molecule has 1 N–H and O–H groups in total. The number of nitrogens with zero attached hydrogens (tertiary/aromatic N) is 3. The first-order valence-electron chi connectivity index (χ1n) is 10.8. The minimum atomic E-state index is -0.523. The summed E-state index contributed by atoms with van der Waals surface area (Å²) in [4.78, 5) is 17.2. The smallest absolute Gasteiger partial charge is 0.196 e. The van der Waals surface area contributed by atoms with Crippen LogP contribution in [0.1, 0.15) is 25.3 Å². The minimum absolute atomic E-state index is 0.00575. The predicted octanol–water partition coefficient (Wildman–Crippen LogP) is 6.77. The number of ether oxygens (including phenoxy) is 1. The molecule has 5 rings (SSSR count). The van der Waals surface area contributed by atoms with Gasteiger partial charge >= 0.3 is 0 Å². The highest BCUT2D eigenvalue weighted by Gasteiger charge is 2.18. The Labute approximate surface area is 201 Å². The lowest BCUT2D eigenvalue weighted by molar-refractivity contribution is 0.375. The molecule has 0 fully saturated rings. The van der Waals surface area contributed by atoms with Gasteiger partial charge in [0.2, 0.25) is 0 Å². The van der Waals surface area contributed by atoms with E-state index in [-0.39, 0.29) is 11.6 Å². The van der Waals surface area contributed by atoms with Crippen molar-refractivity contribution >= 4 is 33.5 Å². The van der Waals surface area contributed by atoms with E-state index in [0.29, 0.717) is 45.6 Å². The van der Waals surface area contributed by atoms with Crippen molar-refractivity contribution in [1.29, 1.82) is 0 Å². The third-order valence-corrected chi connectivity index (χ3v) is 5.87. The number of aromatic amines is 1. The highest BCUT2D eigenvalue weighted by molar-refractivity contribution is 6.31. The Hall–Kier alpha value is -3.95. The van der Waals surface area contributed by atoms with Crippen LogP contribution in [0.3, 0.4) is 0 Å². The highest BCUT2D eigenvalue weighted by atomic mass is 35.5. The van der Waals surface area contributed by atoms with Crippen molar-refractivity contribution in [3.05, 3.63) is 71.0 Å². The van der Waals surface area contributed by atoms with Crippen LogP contribution in [0.25, 0.3) is 44.8 Å². The quantitative estimate of drug-likeness (QED) is 0.288. The lowest BCUT2D eigenvalue weighted by Gasteiger charge is -2.13. The van der Waals surface area contributed by atoms with Crippen molar-refractivity contribution < 1.29 is 9.13 Å². The molecule has 0 aliphatic carbocycles. The zero-order valence-electron chi connectivity index (χ0n) is 18.6. The fourth-order valence-corrected chi connectivity index (χ4v) is 4.00. The predicted molar refractivity (Wildman–Crippen MR) is 133 cm³/mol. The van der Waals surface area contributed by atoms with Gasteiger partial charge in [0.15, 0.2) is 11.6 Å². The van der Waals surface area contributed by atoms with E-state index in [4.69, 9.17) is 32.7 Å². The summed E-state index contributed by atoms with van der Waals surface area (Å²) in [5.41, 5.74) is 4.52. The second-order valence-electron chi connectivity index (χ2n) is 8.18. The van der Waals surface area contributed by atoms with Gasteiger partial charge in [0.25, 0.3) is 0 Å². The van der Waals surface area contributed by atoms with Crippen LogP contribution < -0.4 is 4.74 Å². The zero-order valence-corrected chi connectivity index (χ0v) is 19.3. The van der Waals surface area contributed by atoms with Gasteiger partial charge in [-0.1, -0.05) is 61.7 Å². The summed E-state index contributed by atoms with van der Waals surface area (Å²) in [7, 11) is 0. The molecule has 168 valence electrons. The summed E-state index contributed by atoms with van der Waals surface area (Å²) in [5, 5.41) is 0.759. The van der Waals surface area contributed by atoms with Crippen molar-refractivity contribution in [2.75, 3.05) is 6.61 Å². The molecule has 0 saturated carbocycles. The lowest BCUT2D eigenvalue weighted by Crippen LogP contribution is -2.00. The van der Waals surface area contributed by atoms with Crippen molar-refractivity contribution in [1.82, 2.24) is 19.9 Å². The number of hydrogen-bond acceptors (Lipinski definition) is 4. The average Bonchev–Trinajstić information content (AvgIpc) is 3.25. The number of benzene rings is 3. The molecule has 0 bridgehead atoms. The van der Waals surface area contributed by atoms with E-state index >= 15 is 0 Å². The lowest BCUT2D eigenvalue weighted by atomic mass is 9.99. The summed E-state index contributed by atoms with van der Waals surface area (Å²) < 4.78 is 19.8. The zero-order chi connectivity index (χ0) is 23.8. The normalized spacial score (nSPS) is 11.3. The fraction of sp³-hybridized carbons (Fsp3) is 0.148. The molecule has 0 spiro atoms. The molecule has 3 aromatic carbocycles. The number of fused-ring (bicyclic) bond motifs is 2. The van der Waals surface area contributed by atoms with Crippen LogP contribution in [-0.2, 0) is 0 Å². The molecule has 0 radical (unpaired) electrons. The number of rotatable bonds is 5. The van der Waals surface area contributed by atoms with Crippen molar-refractivity contribution in [3.63, 3.8) is 0 Å². The van der Waals surface area contributed by atoms with Crippen LogP contribution in [0, 0.1) is 18.2 Å². The summed E-state index contributed by atoms with van der Waals surface area (Å²) in [6.07, 6.45) is 5.42. The summed E-state index contributed by atoms with van der Waals surface area (Å²) in [6, 6.07) is 16.6. The SMILES string of the molecule is C#CCOc1cccc2nc(-c3nc4cc(Cl)c(F)cc4[nH]3)nc(-c3ccc(C(C)C)cc3)c12. The molecule has 5 aromatic rings. The van der Waals surface area contributed by atoms with E-state index in [1.54, 1.807) is 0 Å². The molecule has 34 heavy (non-hydrogen) atoms. The van der Waals surface area contributed by atoms with Gasteiger partial charge in [-0.05, 0) is 29.7 Å². The second kappa shape index (κ2) is 8.77. The molecule has 0 saturated heterocycles. The molecular weight excluding hydrogens is 451 g/mol. The maximum absolute atomic E-state index is 14.0. The van der Waals surface area contributed by atoms with Gasteiger partial charge in [0.05, 0.1) is 32.7 Å². The Morgan fingerprint density at radius 3 is 2.59 bits per heavy atom. The maximum Gasteiger partial charge on any atom is 0.196 e. The number of nitrogens with one attached hydrogen (secondary N) is 1. The topological polar surface area (TPSA) is 63.7 Å². The highest BCUT2D eigenvalue weighted by Crippen LogP contribution is 2.35. The first-order chi connectivity index (χ1) is 16.4. The number of aromatic nitrogens is 4.